The Balaban J connectivity index is 1.31. The highest BCUT2D eigenvalue weighted by molar-refractivity contribution is 7.98. The van der Waals surface area contributed by atoms with Crippen molar-refractivity contribution < 1.29 is 28.5 Å². The summed E-state index contributed by atoms with van der Waals surface area (Å²) in [6.07, 6.45) is 2.44. The number of hydrogen-bond donors (Lipinski definition) is 1. The van der Waals surface area contributed by atoms with E-state index in [0.29, 0.717) is 87.7 Å². The molecule has 0 saturated heterocycles. The molecule has 3 aromatic heterocycles. The Hall–Kier alpha value is -4.40. The highest BCUT2D eigenvalue weighted by atomic mass is 35.5. The molecule has 0 unspecified atom stereocenters. The minimum Gasteiger partial charge on any atom is -0.493 e. The number of halogens is 2. The summed E-state index contributed by atoms with van der Waals surface area (Å²) in [7, 11) is 3.64. The van der Waals surface area contributed by atoms with E-state index in [9.17, 15) is 14.3 Å². The van der Waals surface area contributed by atoms with Gasteiger partial charge in [-0.25, -0.2) is 9.18 Å². The van der Waals surface area contributed by atoms with E-state index in [2.05, 4.69) is 10.00 Å². The molecule has 2 aliphatic heterocycles. The van der Waals surface area contributed by atoms with Gasteiger partial charge in [0.15, 0.2) is 0 Å². The number of benzene rings is 3. The molecular weight excluding hydrogens is 719 g/mol. The zero-order chi connectivity index (χ0) is 36.8. The number of fused-ring (bicyclic) bond motifs is 9. The Morgan fingerprint density at radius 2 is 1.96 bits per heavy atom. The molecule has 0 saturated carbocycles. The van der Waals surface area contributed by atoms with Crippen molar-refractivity contribution in [3.63, 3.8) is 0 Å². The van der Waals surface area contributed by atoms with Crippen molar-refractivity contribution in [2.75, 3.05) is 33.5 Å². The van der Waals surface area contributed by atoms with Crippen LogP contribution >= 0.6 is 23.4 Å². The van der Waals surface area contributed by atoms with Crippen LogP contribution in [0.1, 0.15) is 45.1 Å². The summed E-state index contributed by atoms with van der Waals surface area (Å²) in [5.74, 6) is -0.0506. The van der Waals surface area contributed by atoms with Gasteiger partial charge in [0.05, 0.1) is 56.3 Å². The number of carboxylic acid groups (broad SMARTS) is 1. The van der Waals surface area contributed by atoms with Crippen LogP contribution in [0.2, 0.25) is 5.02 Å². The Bertz CT molecular complexity index is 2370. The zero-order valence-electron chi connectivity index (χ0n) is 29.8. The molecule has 0 fully saturated rings. The second kappa shape index (κ2) is 14.8. The summed E-state index contributed by atoms with van der Waals surface area (Å²) in [5.41, 5.74) is 7.13. The number of aryl methyl sites for hydroxylation is 3. The Morgan fingerprint density at radius 3 is 2.79 bits per heavy atom. The molecule has 1 N–H and O–H groups in total. The number of aromatic nitrogens is 5. The van der Waals surface area contributed by atoms with Gasteiger partial charge in [0.2, 0.25) is 0 Å². The lowest BCUT2D eigenvalue weighted by atomic mass is 9.96. The molecule has 53 heavy (non-hydrogen) atoms. The van der Waals surface area contributed by atoms with E-state index in [1.807, 2.05) is 58.4 Å². The number of ether oxygens (including phenoxy) is 3. The first-order valence-electron chi connectivity index (χ1n) is 17.6. The fraction of sp³-hybridized carbons (Fsp3) is 0.359. The van der Waals surface area contributed by atoms with Crippen molar-refractivity contribution in [2.24, 2.45) is 7.05 Å². The molecule has 3 aromatic carbocycles. The van der Waals surface area contributed by atoms with Gasteiger partial charge in [-0.1, -0.05) is 11.6 Å². The van der Waals surface area contributed by atoms with Crippen LogP contribution in [0.25, 0.3) is 32.8 Å². The van der Waals surface area contributed by atoms with Gasteiger partial charge >= 0.3 is 5.97 Å². The van der Waals surface area contributed by atoms with Crippen LogP contribution in [-0.4, -0.2) is 73.6 Å². The van der Waals surface area contributed by atoms with E-state index in [1.54, 1.807) is 24.9 Å². The van der Waals surface area contributed by atoms with Crippen LogP contribution in [0.15, 0.2) is 53.6 Å². The van der Waals surface area contributed by atoms with E-state index in [1.165, 1.54) is 12.1 Å². The van der Waals surface area contributed by atoms with E-state index in [0.717, 1.165) is 60.3 Å². The van der Waals surface area contributed by atoms with Gasteiger partial charge in [-0.05, 0) is 66.8 Å². The van der Waals surface area contributed by atoms with Crippen molar-refractivity contribution in [3.05, 3.63) is 93.4 Å². The SMILES string of the molecule is COCCN1Cc2cnn(C)c2CSc2cc(c3ccc(F)cc3c2)OCCCn2c(C(=O)O)c(C)c3c(c(Cl)ccc32)-c2c(nn3c2COCC3)C1. The number of nitrogens with zero attached hydrogens (tertiary/aromatic N) is 6. The molecule has 0 spiro atoms. The molecule has 2 aliphatic rings. The molecule has 276 valence electrons. The van der Waals surface area contributed by atoms with Crippen molar-refractivity contribution >= 4 is 51.0 Å². The molecule has 14 heteroatoms. The van der Waals surface area contributed by atoms with Gasteiger partial charge in [0.25, 0.3) is 0 Å². The molecule has 0 aliphatic carbocycles. The van der Waals surface area contributed by atoms with Crippen molar-refractivity contribution in [2.45, 2.75) is 56.8 Å². The first-order valence-corrected chi connectivity index (χ1v) is 19.0. The Labute approximate surface area is 315 Å². The number of carbonyl (C=O) groups is 1. The standard InChI is InChI=1S/C39H40ClFN6O5S/c1-23-35-31-8-7-29(40)36(35)37-30(43-47-11-14-51-21-32(37)47)20-45(10-13-50-3)19-25-18-42-44(2)33(25)22-53-27-16-24-15-26(41)5-6-28(24)34(17-27)52-12-4-9-46(31)38(23)39(48)49/h5-8,15-18H,4,9-14,19-22H2,1-3H3,(H,48,49). The first kappa shape index (κ1) is 35.6. The lowest BCUT2D eigenvalue weighted by molar-refractivity contribution is 0.0684. The van der Waals surface area contributed by atoms with Crippen LogP contribution in [0.3, 0.4) is 0 Å². The fourth-order valence-electron chi connectivity index (χ4n) is 7.72. The van der Waals surface area contributed by atoms with Gasteiger partial charge in [0, 0.05) is 89.0 Å². The van der Waals surface area contributed by atoms with Gasteiger partial charge in [-0.3, -0.25) is 14.3 Å². The number of carboxylic acids is 1. The quantitative estimate of drug-likeness (QED) is 0.196. The number of thioether (sulfide) groups is 1. The second-order valence-corrected chi connectivity index (χ2v) is 15.0. The topological polar surface area (TPSA) is 109 Å². The normalized spacial score (nSPS) is 15.6. The van der Waals surface area contributed by atoms with Crippen molar-refractivity contribution in [1.29, 1.82) is 0 Å². The maximum atomic E-state index is 14.5. The van der Waals surface area contributed by atoms with Crippen LogP contribution in [-0.2, 0) is 55.1 Å². The number of rotatable bonds is 4. The predicted molar refractivity (Wildman–Crippen MR) is 202 cm³/mol. The van der Waals surface area contributed by atoms with Crippen molar-refractivity contribution in [3.8, 4) is 16.9 Å². The Kier molecular flexibility index (Phi) is 9.94. The van der Waals surface area contributed by atoms with Crippen LogP contribution in [0.4, 0.5) is 4.39 Å². The zero-order valence-corrected chi connectivity index (χ0v) is 31.4. The maximum absolute atomic E-state index is 14.5. The average Bonchev–Trinajstić information content (AvgIpc) is 3.77. The highest BCUT2D eigenvalue weighted by Gasteiger charge is 2.30. The minimum absolute atomic E-state index is 0.207. The first-order chi connectivity index (χ1) is 25.7. The largest absolute Gasteiger partial charge is 0.493 e. The summed E-state index contributed by atoms with van der Waals surface area (Å²) in [6, 6.07) is 12.4. The van der Waals surface area contributed by atoms with E-state index in [-0.39, 0.29) is 11.5 Å². The van der Waals surface area contributed by atoms with E-state index < -0.39 is 5.97 Å². The van der Waals surface area contributed by atoms with Crippen LogP contribution < -0.4 is 4.74 Å². The summed E-state index contributed by atoms with van der Waals surface area (Å²) >= 11 is 8.79. The second-order valence-electron chi connectivity index (χ2n) is 13.5. The van der Waals surface area contributed by atoms with Crippen LogP contribution in [0.5, 0.6) is 5.75 Å². The van der Waals surface area contributed by atoms with Crippen LogP contribution in [0, 0.1) is 12.7 Å². The predicted octanol–water partition coefficient (Wildman–Crippen LogP) is 7.44. The lowest BCUT2D eigenvalue weighted by Gasteiger charge is -2.22. The summed E-state index contributed by atoms with van der Waals surface area (Å²) in [5, 5.41) is 23.2. The molecule has 0 amide bonds. The highest BCUT2D eigenvalue weighted by Crippen LogP contribution is 2.44. The number of hydrogen-bond acceptors (Lipinski definition) is 8. The third-order valence-electron chi connectivity index (χ3n) is 10.2. The average molecular weight is 759 g/mol. The molecule has 0 radical (unpaired) electrons. The number of methoxy groups -OCH3 is 1. The molecular formula is C39H40ClFN6O5S. The van der Waals surface area contributed by atoms with E-state index in [4.69, 9.17) is 30.9 Å². The molecule has 6 aromatic rings. The molecule has 8 rings (SSSR count). The summed E-state index contributed by atoms with van der Waals surface area (Å²) in [4.78, 5) is 16.2. The number of aromatic carboxylic acids is 1. The Morgan fingerprint density at radius 1 is 1.09 bits per heavy atom. The minimum atomic E-state index is -1.02. The maximum Gasteiger partial charge on any atom is 0.352 e. The van der Waals surface area contributed by atoms with Gasteiger partial charge in [-0.2, -0.15) is 10.2 Å². The van der Waals surface area contributed by atoms with Gasteiger partial charge < -0.3 is 23.9 Å². The smallest absolute Gasteiger partial charge is 0.352 e. The molecule has 0 atom stereocenters. The van der Waals surface area contributed by atoms with E-state index >= 15 is 0 Å². The summed E-state index contributed by atoms with van der Waals surface area (Å²) < 4.78 is 38.2. The third kappa shape index (κ3) is 6.69. The monoisotopic (exact) mass is 758 g/mol. The van der Waals surface area contributed by atoms with Crippen molar-refractivity contribution in [1.82, 2.24) is 29.0 Å². The molecule has 11 nitrogen and oxygen atoms in total. The fourth-order valence-corrected chi connectivity index (χ4v) is 9.05. The third-order valence-corrected chi connectivity index (χ3v) is 11.5. The summed E-state index contributed by atoms with van der Waals surface area (Å²) in [6.45, 7) is 6.27. The molecule has 6 bridgehead atoms. The lowest BCUT2D eigenvalue weighted by Crippen LogP contribution is -2.27. The van der Waals surface area contributed by atoms with Gasteiger partial charge in [-0.15, -0.1) is 11.8 Å². The van der Waals surface area contributed by atoms with Gasteiger partial charge in [0.1, 0.15) is 17.3 Å². The molecule has 5 heterocycles.